The van der Waals surface area contributed by atoms with Crippen LogP contribution in [0, 0.1) is 11.6 Å². The molecular weight excluding hydrogens is 434 g/mol. The van der Waals surface area contributed by atoms with Crippen LogP contribution in [0.3, 0.4) is 0 Å². The van der Waals surface area contributed by atoms with E-state index in [0.29, 0.717) is 25.3 Å². The molecule has 0 aliphatic carbocycles. The summed E-state index contributed by atoms with van der Waals surface area (Å²) in [5.74, 6) is -2.67. The Kier molecular flexibility index (Phi) is 5.73. The first-order chi connectivity index (χ1) is 14.8. The molecule has 0 bridgehead atoms. The lowest BCUT2D eigenvalue weighted by molar-refractivity contribution is -0.137. The number of sulfonamides is 1. The molecule has 3 heterocycles. The van der Waals surface area contributed by atoms with Crippen molar-refractivity contribution >= 4 is 15.9 Å². The first-order valence-electron chi connectivity index (χ1n) is 9.30. The Morgan fingerprint density at radius 1 is 1.16 bits per heavy atom. The van der Waals surface area contributed by atoms with Gasteiger partial charge >= 0.3 is 0 Å². The quantitative estimate of drug-likeness (QED) is 0.507. The molecule has 0 atom stereocenters. The van der Waals surface area contributed by atoms with Gasteiger partial charge in [0.15, 0.2) is 4.90 Å². The van der Waals surface area contributed by atoms with Gasteiger partial charge in [0.25, 0.3) is 0 Å². The summed E-state index contributed by atoms with van der Waals surface area (Å²) in [5.41, 5.74) is 0.677. The van der Waals surface area contributed by atoms with Crippen LogP contribution in [0.1, 0.15) is 18.2 Å². The summed E-state index contributed by atoms with van der Waals surface area (Å²) in [6.07, 6.45) is 4.74. The molecule has 0 radical (unpaired) electrons. The molecule has 164 valence electrons. The molecule has 1 aliphatic heterocycles. The van der Waals surface area contributed by atoms with Crippen LogP contribution >= 0.6 is 0 Å². The van der Waals surface area contributed by atoms with Gasteiger partial charge in [-0.2, -0.15) is 15.0 Å². The van der Waals surface area contributed by atoms with Crippen molar-refractivity contribution in [2.24, 2.45) is 0 Å². The van der Waals surface area contributed by atoms with Crippen LogP contribution in [-0.2, 0) is 21.4 Å². The highest BCUT2D eigenvalue weighted by molar-refractivity contribution is 7.89. The van der Waals surface area contributed by atoms with E-state index in [1.807, 2.05) is 0 Å². The average Bonchev–Trinajstić information content (AvgIpc) is 3.33. The highest BCUT2D eigenvalue weighted by Crippen LogP contribution is 2.21. The van der Waals surface area contributed by atoms with Gasteiger partial charge < -0.3 is 4.90 Å². The number of rotatable bonds is 8. The Hall–Kier alpha value is -3.26. The molecule has 1 aromatic carbocycles. The van der Waals surface area contributed by atoms with Gasteiger partial charge in [-0.25, -0.2) is 26.6 Å². The predicted molar refractivity (Wildman–Crippen MR) is 101 cm³/mol. The maximum absolute atomic E-state index is 13.7. The Labute approximate surface area is 175 Å². The van der Waals surface area contributed by atoms with E-state index in [0.717, 1.165) is 18.2 Å². The summed E-state index contributed by atoms with van der Waals surface area (Å²) < 4.78 is 55.3. The van der Waals surface area contributed by atoms with Crippen LogP contribution in [0.4, 0.5) is 8.78 Å². The van der Waals surface area contributed by atoms with E-state index in [-0.39, 0.29) is 24.9 Å². The minimum absolute atomic E-state index is 0.0417. The van der Waals surface area contributed by atoms with Crippen molar-refractivity contribution in [2.45, 2.75) is 23.9 Å². The second-order valence-electron chi connectivity index (χ2n) is 6.90. The van der Waals surface area contributed by atoms with Crippen LogP contribution in [0.5, 0.6) is 0 Å². The van der Waals surface area contributed by atoms with Crippen molar-refractivity contribution in [1.29, 1.82) is 0 Å². The Balaban J connectivity index is 1.25. The molecular formula is C17H18F2N8O3S. The lowest BCUT2D eigenvalue weighted by Crippen LogP contribution is -2.51. The van der Waals surface area contributed by atoms with Crippen molar-refractivity contribution in [3.8, 4) is 0 Å². The molecule has 11 nitrogen and oxygen atoms in total. The number of carbonyl (C=O) groups is 1. The number of nitrogens with one attached hydrogen (secondary N) is 1. The van der Waals surface area contributed by atoms with Crippen molar-refractivity contribution in [1.82, 2.24) is 39.6 Å². The topological polar surface area (TPSA) is 128 Å². The van der Waals surface area contributed by atoms with Gasteiger partial charge in [-0.1, -0.05) is 11.3 Å². The van der Waals surface area contributed by atoms with Crippen molar-refractivity contribution in [2.75, 3.05) is 19.6 Å². The first-order valence-corrected chi connectivity index (χ1v) is 10.8. The molecule has 0 unspecified atom stereocenters. The fraction of sp³-hybridized carbons (Fsp3) is 0.353. The van der Waals surface area contributed by atoms with Crippen LogP contribution in [0.15, 0.2) is 41.7 Å². The third-order valence-electron chi connectivity index (χ3n) is 4.74. The van der Waals surface area contributed by atoms with Crippen molar-refractivity contribution in [3.05, 3.63) is 54.1 Å². The molecule has 1 aliphatic rings. The molecule has 4 rings (SSSR count). The minimum atomic E-state index is -4.41. The van der Waals surface area contributed by atoms with Crippen LogP contribution < -0.4 is 4.72 Å². The van der Waals surface area contributed by atoms with Crippen LogP contribution in [0.2, 0.25) is 0 Å². The number of hydrogen-bond donors (Lipinski definition) is 1. The number of benzene rings is 1. The van der Waals surface area contributed by atoms with Gasteiger partial charge in [-0.15, -0.1) is 5.10 Å². The zero-order chi connectivity index (χ0) is 22.0. The minimum Gasteiger partial charge on any atom is -0.338 e. The lowest BCUT2D eigenvalue weighted by atomic mass is 10.1. The van der Waals surface area contributed by atoms with E-state index < -0.39 is 26.6 Å². The van der Waals surface area contributed by atoms with Gasteiger partial charge in [-0.05, 0) is 12.1 Å². The predicted octanol–water partition coefficient (Wildman–Crippen LogP) is -0.0520. The highest BCUT2D eigenvalue weighted by atomic mass is 32.2. The fourth-order valence-electron chi connectivity index (χ4n) is 3.12. The molecule has 2 aromatic heterocycles. The molecule has 1 saturated heterocycles. The standard InChI is InChI=1S/C17H18F2N8O3S/c18-14-2-1-3-15(19)17(14)31(29,30)22-5-4-16(28)25-10-13(11-25)26-8-12(23-24-26)9-27-20-6-7-21-27/h1-3,6-8,13,22H,4-5,9-11H2. The number of likely N-dealkylation sites (tertiary alicyclic amines) is 1. The third-order valence-corrected chi connectivity index (χ3v) is 6.25. The lowest BCUT2D eigenvalue weighted by Gasteiger charge is -2.38. The number of carbonyl (C=O) groups excluding carboxylic acids is 1. The van der Waals surface area contributed by atoms with E-state index >= 15 is 0 Å². The second kappa shape index (κ2) is 8.47. The molecule has 0 saturated carbocycles. The number of nitrogens with zero attached hydrogens (tertiary/aromatic N) is 7. The highest BCUT2D eigenvalue weighted by Gasteiger charge is 2.33. The Bertz CT molecular complexity index is 1160. The third kappa shape index (κ3) is 4.59. The van der Waals surface area contributed by atoms with Gasteiger partial charge in [-0.3, -0.25) is 4.79 Å². The van der Waals surface area contributed by atoms with Crippen LogP contribution in [-0.4, -0.2) is 68.8 Å². The SMILES string of the molecule is O=C(CCNS(=O)(=O)c1c(F)cccc1F)N1CC(n2cc(Cn3nccn3)nn2)C1. The molecule has 1 N–H and O–H groups in total. The average molecular weight is 452 g/mol. The Morgan fingerprint density at radius 2 is 1.84 bits per heavy atom. The maximum atomic E-state index is 13.7. The van der Waals surface area contributed by atoms with Gasteiger partial charge in [0, 0.05) is 26.1 Å². The number of aromatic nitrogens is 6. The van der Waals surface area contributed by atoms with Crippen molar-refractivity contribution in [3.63, 3.8) is 0 Å². The van der Waals surface area contributed by atoms with E-state index in [2.05, 4.69) is 25.2 Å². The molecule has 31 heavy (non-hydrogen) atoms. The molecule has 3 aromatic rings. The number of amides is 1. The van der Waals surface area contributed by atoms with E-state index in [1.165, 1.54) is 4.80 Å². The zero-order valence-corrected chi connectivity index (χ0v) is 16.9. The fourth-order valence-corrected chi connectivity index (χ4v) is 4.29. The molecule has 0 spiro atoms. The first kappa shape index (κ1) is 21.0. The summed E-state index contributed by atoms with van der Waals surface area (Å²) in [4.78, 5) is 14.2. The smallest absolute Gasteiger partial charge is 0.246 e. The van der Waals surface area contributed by atoms with Gasteiger partial charge in [0.2, 0.25) is 15.9 Å². The number of hydrogen-bond acceptors (Lipinski definition) is 7. The molecule has 1 fully saturated rings. The second-order valence-corrected chi connectivity index (χ2v) is 8.60. The van der Waals surface area contributed by atoms with Crippen LogP contribution in [0.25, 0.3) is 0 Å². The van der Waals surface area contributed by atoms with Gasteiger partial charge in [0.05, 0.1) is 24.6 Å². The Morgan fingerprint density at radius 3 is 2.52 bits per heavy atom. The summed E-state index contributed by atoms with van der Waals surface area (Å²) in [6.45, 7) is 0.901. The normalized spacial score (nSPS) is 14.6. The maximum Gasteiger partial charge on any atom is 0.246 e. The zero-order valence-electron chi connectivity index (χ0n) is 16.1. The summed E-state index contributed by atoms with van der Waals surface area (Å²) in [5, 5.41) is 16.1. The summed E-state index contributed by atoms with van der Waals surface area (Å²) in [7, 11) is -4.41. The molecule has 14 heteroatoms. The largest absolute Gasteiger partial charge is 0.338 e. The summed E-state index contributed by atoms with van der Waals surface area (Å²) in [6, 6.07) is 2.73. The molecule has 1 amide bonds. The van der Waals surface area contributed by atoms with E-state index in [4.69, 9.17) is 0 Å². The van der Waals surface area contributed by atoms with Gasteiger partial charge in [0.1, 0.15) is 23.9 Å². The van der Waals surface area contributed by atoms with Crippen molar-refractivity contribution < 1.29 is 22.0 Å². The monoisotopic (exact) mass is 452 g/mol. The van der Waals surface area contributed by atoms with E-state index in [9.17, 15) is 22.0 Å². The summed E-state index contributed by atoms with van der Waals surface area (Å²) >= 11 is 0. The van der Waals surface area contributed by atoms with E-state index in [1.54, 1.807) is 28.2 Å². The number of halogens is 2.